The number of carbonyl (C=O) groups is 1. The Balaban J connectivity index is 1.56. The van der Waals surface area contributed by atoms with Gasteiger partial charge in [0.2, 0.25) is 5.91 Å². The predicted molar refractivity (Wildman–Crippen MR) is 94.9 cm³/mol. The zero-order valence-electron chi connectivity index (χ0n) is 14.8. The van der Waals surface area contributed by atoms with Crippen molar-refractivity contribution in [2.24, 2.45) is 5.92 Å². The molecule has 2 saturated heterocycles. The SMILES string of the molecule is Cc1ccc(N2CCC(C(=O)N3CCCC3CC(C)O)CC2)nc1. The van der Waals surface area contributed by atoms with Gasteiger partial charge in [0.05, 0.1) is 6.10 Å². The lowest BCUT2D eigenvalue weighted by molar-refractivity contribution is -0.137. The number of aromatic nitrogens is 1. The van der Waals surface area contributed by atoms with Crippen LogP contribution in [0.25, 0.3) is 0 Å². The number of aryl methyl sites for hydroxylation is 1. The van der Waals surface area contributed by atoms with Gasteiger partial charge < -0.3 is 14.9 Å². The number of amides is 1. The van der Waals surface area contributed by atoms with Crippen molar-refractivity contribution in [3.8, 4) is 0 Å². The highest BCUT2D eigenvalue weighted by Gasteiger charge is 2.35. The lowest BCUT2D eigenvalue weighted by Gasteiger charge is -2.35. The number of rotatable bonds is 4. The summed E-state index contributed by atoms with van der Waals surface area (Å²) < 4.78 is 0. The molecule has 0 radical (unpaired) electrons. The molecule has 2 unspecified atom stereocenters. The van der Waals surface area contributed by atoms with Crippen molar-refractivity contribution in [3.05, 3.63) is 23.9 Å². The molecular weight excluding hydrogens is 302 g/mol. The lowest BCUT2D eigenvalue weighted by atomic mass is 9.94. The van der Waals surface area contributed by atoms with Crippen LogP contribution in [0.15, 0.2) is 18.3 Å². The van der Waals surface area contributed by atoms with E-state index in [4.69, 9.17) is 0 Å². The fraction of sp³-hybridized carbons (Fsp3) is 0.684. The Kier molecular flexibility index (Phi) is 5.39. The molecule has 2 atom stereocenters. The molecule has 5 nitrogen and oxygen atoms in total. The van der Waals surface area contributed by atoms with Crippen LogP contribution in [0.4, 0.5) is 5.82 Å². The van der Waals surface area contributed by atoms with Crippen molar-refractivity contribution in [2.45, 2.75) is 58.1 Å². The first-order chi connectivity index (χ1) is 11.5. The number of carbonyl (C=O) groups excluding carboxylic acids is 1. The minimum absolute atomic E-state index is 0.126. The molecule has 2 aliphatic heterocycles. The molecule has 1 N–H and O–H groups in total. The zero-order chi connectivity index (χ0) is 17.1. The van der Waals surface area contributed by atoms with Crippen molar-refractivity contribution in [2.75, 3.05) is 24.5 Å². The third kappa shape index (κ3) is 3.89. The number of anilines is 1. The third-order valence-electron chi connectivity index (χ3n) is 5.34. The van der Waals surface area contributed by atoms with Gasteiger partial charge in [0.15, 0.2) is 0 Å². The Morgan fingerprint density at radius 3 is 2.67 bits per heavy atom. The lowest BCUT2D eigenvalue weighted by Crippen LogP contribution is -2.45. The summed E-state index contributed by atoms with van der Waals surface area (Å²) >= 11 is 0. The fourth-order valence-corrected chi connectivity index (χ4v) is 4.00. The highest BCUT2D eigenvalue weighted by Crippen LogP contribution is 2.28. The second-order valence-corrected chi connectivity index (χ2v) is 7.37. The van der Waals surface area contributed by atoms with Crippen LogP contribution in [-0.2, 0) is 4.79 Å². The van der Waals surface area contributed by atoms with E-state index in [1.807, 2.05) is 24.9 Å². The normalized spacial score (nSPS) is 23.5. The van der Waals surface area contributed by atoms with Crippen LogP contribution in [0.1, 0.15) is 44.6 Å². The van der Waals surface area contributed by atoms with E-state index in [0.29, 0.717) is 12.3 Å². The van der Waals surface area contributed by atoms with Gasteiger partial charge in [-0.15, -0.1) is 0 Å². The van der Waals surface area contributed by atoms with Crippen molar-refractivity contribution in [1.29, 1.82) is 0 Å². The van der Waals surface area contributed by atoms with Gasteiger partial charge in [-0.05, 0) is 57.6 Å². The van der Waals surface area contributed by atoms with Crippen LogP contribution in [0, 0.1) is 12.8 Å². The molecule has 1 aromatic heterocycles. The highest BCUT2D eigenvalue weighted by atomic mass is 16.3. The Labute approximate surface area is 144 Å². The molecular formula is C19H29N3O2. The molecule has 0 spiro atoms. The summed E-state index contributed by atoms with van der Waals surface area (Å²) in [6.45, 7) is 6.49. The van der Waals surface area contributed by atoms with Crippen LogP contribution in [0.5, 0.6) is 0 Å². The van der Waals surface area contributed by atoms with Crippen LogP contribution >= 0.6 is 0 Å². The molecule has 132 valence electrons. The number of pyridine rings is 1. The van der Waals surface area contributed by atoms with Gasteiger partial charge in [0.1, 0.15) is 5.82 Å². The summed E-state index contributed by atoms with van der Waals surface area (Å²) in [5.74, 6) is 1.44. The van der Waals surface area contributed by atoms with Crippen molar-refractivity contribution < 1.29 is 9.90 Å². The van der Waals surface area contributed by atoms with Gasteiger partial charge >= 0.3 is 0 Å². The van der Waals surface area contributed by atoms with Gasteiger partial charge in [-0.2, -0.15) is 0 Å². The first-order valence-corrected chi connectivity index (χ1v) is 9.20. The largest absolute Gasteiger partial charge is 0.393 e. The number of piperidine rings is 1. The Bertz CT molecular complexity index is 550. The molecule has 3 heterocycles. The quantitative estimate of drug-likeness (QED) is 0.920. The van der Waals surface area contributed by atoms with Crippen LogP contribution in [-0.4, -0.2) is 52.7 Å². The summed E-state index contributed by atoms with van der Waals surface area (Å²) in [4.78, 5) is 21.7. The molecule has 0 saturated carbocycles. The van der Waals surface area contributed by atoms with Crippen molar-refractivity contribution in [3.63, 3.8) is 0 Å². The molecule has 0 aliphatic carbocycles. The van der Waals surface area contributed by atoms with Crippen LogP contribution in [0.3, 0.4) is 0 Å². The Morgan fingerprint density at radius 2 is 2.04 bits per heavy atom. The maximum Gasteiger partial charge on any atom is 0.226 e. The fourth-order valence-electron chi connectivity index (χ4n) is 4.00. The third-order valence-corrected chi connectivity index (χ3v) is 5.34. The van der Waals surface area contributed by atoms with E-state index < -0.39 is 0 Å². The molecule has 0 bridgehead atoms. The Morgan fingerprint density at radius 1 is 1.29 bits per heavy atom. The maximum absolute atomic E-state index is 12.9. The summed E-state index contributed by atoms with van der Waals surface area (Å²) in [5.41, 5.74) is 1.17. The van der Waals surface area contributed by atoms with Crippen LogP contribution in [0.2, 0.25) is 0 Å². The molecule has 2 fully saturated rings. The second kappa shape index (κ2) is 7.51. The zero-order valence-corrected chi connectivity index (χ0v) is 14.8. The molecule has 5 heteroatoms. The number of likely N-dealkylation sites (tertiary alicyclic amines) is 1. The smallest absolute Gasteiger partial charge is 0.226 e. The first kappa shape index (κ1) is 17.2. The Hall–Kier alpha value is -1.62. The van der Waals surface area contributed by atoms with Gasteiger partial charge in [0.25, 0.3) is 0 Å². The number of aliphatic hydroxyl groups excluding tert-OH is 1. The average Bonchev–Trinajstić information content (AvgIpc) is 3.02. The molecule has 2 aliphatic rings. The average molecular weight is 331 g/mol. The maximum atomic E-state index is 12.9. The summed E-state index contributed by atoms with van der Waals surface area (Å²) in [5, 5.41) is 9.65. The van der Waals surface area contributed by atoms with E-state index in [0.717, 1.165) is 51.1 Å². The number of nitrogens with zero attached hydrogens (tertiary/aromatic N) is 3. The van der Waals surface area contributed by atoms with Gasteiger partial charge in [0, 0.05) is 37.8 Å². The molecule has 24 heavy (non-hydrogen) atoms. The minimum atomic E-state index is -0.335. The summed E-state index contributed by atoms with van der Waals surface area (Å²) in [6.07, 6.45) is 6.16. The van der Waals surface area contributed by atoms with E-state index in [2.05, 4.69) is 22.0 Å². The first-order valence-electron chi connectivity index (χ1n) is 9.20. The molecule has 1 amide bonds. The standard InChI is InChI=1S/C19H29N3O2/c1-14-5-6-18(20-13-14)21-10-7-16(8-11-21)19(24)22-9-3-4-17(22)12-15(2)23/h5-6,13,15-17,23H,3-4,7-12H2,1-2H3. The predicted octanol–water partition coefficient (Wildman–Crippen LogP) is 2.37. The van der Waals surface area contributed by atoms with E-state index in [1.165, 1.54) is 5.56 Å². The molecule has 3 rings (SSSR count). The number of aliphatic hydroxyl groups is 1. The van der Waals surface area contributed by atoms with E-state index in [-0.39, 0.29) is 18.1 Å². The van der Waals surface area contributed by atoms with Crippen LogP contribution < -0.4 is 4.90 Å². The molecule has 0 aromatic carbocycles. The number of hydrogen-bond acceptors (Lipinski definition) is 4. The van der Waals surface area contributed by atoms with Crippen molar-refractivity contribution in [1.82, 2.24) is 9.88 Å². The topological polar surface area (TPSA) is 56.7 Å². The second-order valence-electron chi connectivity index (χ2n) is 7.37. The minimum Gasteiger partial charge on any atom is -0.393 e. The van der Waals surface area contributed by atoms with Gasteiger partial charge in [-0.1, -0.05) is 6.07 Å². The van der Waals surface area contributed by atoms with E-state index in [9.17, 15) is 9.90 Å². The summed E-state index contributed by atoms with van der Waals surface area (Å²) in [7, 11) is 0. The van der Waals surface area contributed by atoms with Gasteiger partial charge in [-0.25, -0.2) is 4.98 Å². The monoisotopic (exact) mass is 331 g/mol. The molecule has 1 aromatic rings. The summed E-state index contributed by atoms with van der Waals surface area (Å²) in [6, 6.07) is 4.38. The van der Waals surface area contributed by atoms with Gasteiger partial charge in [-0.3, -0.25) is 4.79 Å². The number of hydrogen-bond donors (Lipinski definition) is 1. The van der Waals surface area contributed by atoms with E-state index >= 15 is 0 Å². The van der Waals surface area contributed by atoms with Crippen molar-refractivity contribution >= 4 is 11.7 Å². The van der Waals surface area contributed by atoms with E-state index in [1.54, 1.807) is 0 Å². The highest BCUT2D eigenvalue weighted by molar-refractivity contribution is 5.79.